The van der Waals surface area contributed by atoms with Crippen LogP contribution in [0.15, 0.2) is 18.2 Å². The molecule has 0 aliphatic heterocycles. The van der Waals surface area contributed by atoms with E-state index in [0.717, 1.165) is 17.0 Å². The van der Waals surface area contributed by atoms with Crippen molar-refractivity contribution in [1.29, 1.82) is 0 Å². The summed E-state index contributed by atoms with van der Waals surface area (Å²) in [4.78, 5) is 0.853. The molecular formula is C9H8ClF4N. The fourth-order valence-corrected chi connectivity index (χ4v) is 1.39. The van der Waals surface area contributed by atoms with Crippen molar-refractivity contribution in [1.82, 2.24) is 0 Å². The van der Waals surface area contributed by atoms with Gasteiger partial charge in [-0.05, 0) is 18.2 Å². The predicted molar refractivity (Wildman–Crippen MR) is 50.7 cm³/mol. The van der Waals surface area contributed by atoms with Crippen LogP contribution in [-0.2, 0) is 0 Å². The van der Waals surface area contributed by atoms with E-state index in [1.165, 1.54) is 13.1 Å². The van der Waals surface area contributed by atoms with Crippen LogP contribution < -0.4 is 4.90 Å². The normalized spacial score (nSPS) is 11.6. The number of alkyl halides is 3. The number of anilines is 1. The molecule has 0 saturated carbocycles. The third-order valence-electron chi connectivity index (χ3n) is 1.74. The number of hydrogen-bond acceptors (Lipinski definition) is 1. The van der Waals surface area contributed by atoms with Gasteiger partial charge >= 0.3 is 6.18 Å². The van der Waals surface area contributed by atoms with Crippen LogP contribution in [-0.4, -0.2) is 19.8 Å². The molecule has 0 saturated heterocycles. The molecule has 0 radical (unpaired) electrons. The summed E-state index contributed by atoms with van der Waals surface area (Å²) in [6.07, 6.45) is -4.34. The summed E-state index contributed by atoms with van der Waals surface area (Å²) in [6, 6.07) is 3.28. The molecule has 0 atom stereocenters. The van der Waals surface area contributed by atoms with E-state index in [1.807, 2.05) is 0 Å². The SMILES string of the molecule is CN(CC(F)(F)F)c1cc(F)ccc1Cl. The molecule has 1 rings (SSSR count). The Kier molecular flexibility index (Phi) is 3.44. The predicted octanol–water partition coefficient (Wildman–Crippen LogP) is 3.48. The maximum Gasteiger partial charge on any atom is 0.405 e. The van der Waals surface area contributed by atoms with Gasteiger partial charge in [0.05, 0.1) is 10.7 Å². The second-order valence-electron chi connectivity index (χ2n) is 3.07. The number of benzene rings is 1. The van der Waals surface area contributed by atoms with Gasteiger partial charge in [-0.2, -0.15) is 13.2 Å². The van der Waals surface area contributed by atoms with Gasteiger partial charge in [-0.1, -0.05) is 11.6 Å². The first kappa shape index (κ1) is 12.1. The average Bonchev–Trinajstić information content (AvgIpc) is 2.06. The van der Waals surface area contributed by atoms with Gasteiger partial charge in [0.25, 0.3) is 0 Å². The Morgan fingerprint density at radius 3 is 2.47 bits per heavy atom. The highest BCUT2D eigenvalue weighted by Gasteiger charge is 2.30. The van der Waals surface area contributed by atoms with Gasteiger partial charge in [-0.25, -0.2) is 4.39 Å². The summed E-state index contributed by atoms with van der Waals surface area (Å²) in [7, 11) is 1.20. The van der Waals surface area contributed by atoms with Crippen molar-refractivity contribution in [2.45, 2.75) is 6.18 Å². The number of nitrogens with zero attached hydrogens (tertiary/aromatic N) is 1. The second-order valence-corrected chi connectivity index (χ2v) is 3.47. The molecule has 1 nitrogen and oxygen atoms in total. The van der Waals surface area contributed by atoms with Gasteiger partial charge in [0.2, 0.25) is 0 Å². The minimum Gasteiger partial charge on any atom is -0.364 e. The first-order valence-electron chi connectivity index (χ1n) is 4.02. The Morgan fingerprint density at radius 2 is 1.93 bits per heavy atom. The van der Waals surface area contributed by atoms with Crippen molar-refractivity contribution < 1.29 is 17.6 Å². The highest BCUT2D eigenvalue weighted by Crippen LogP contribution is 2.28. The Morgan fingerprint density at radius 1 is 1.33 bits per heavy atom. The number of rotatable bonds is 2. The van der Waals surface area contributed by atoms with Crippen molar-refractivity contribution in [3.8, 4) is 0 Å². The van der Waals surface area contributed by atoms with E-state index in [9.17, 15) is 17.6 Å². The standard InChI is InChI=1S/C9H8ClF4N/c1-15(5-9(12,13)14)8-4-6(11)2-3-7(8)10/h2-4H,5H2,1H3. The fourth-order valence-electron chi connectivity index (χ4n) is 1.13. The van der Waals surface area contributed by atoms with E-state index in [-0.39, 0.29) is 10.7 Å². The van der Waals surface area contributed by atoms with E-state index in [2.05, 4.69) is 0 Å². The molecule has 0 aliphatic carbocycles. The molecule has 15 heavy (non-hydrogen) atoms. The van der Waals surface area contributed by atoms with Gasteiger partial charge in [0.1, 0.15) is 12.4 Å². The molecule has 0 unspecified atom stereocenters. The van der Waals surface area contributed by atoms with E-state index in [4.69, 9.17) is 11.6 Å². The molecule has 0 spiro atoms. The van der Waals surface area contributed by atoms with Crippen LogP contribution in [0.3, 0.4) is 0 Å². The lowest BCUT2D eigenvalue weighted by Gasteiger charge is -2.21. The molecule has 0 N–H and O–H groups in total. The zero-order valence-electron chi connectivity index (χ0n) is 7.78. The summed E-state index contributed by atoms with van der Waals surface area (Å²) in [5.74, 6) is -0.622. The fraction of sp³-hybridized carbons (Fsp3) is 0.333. The average molecular weight is 242 g/mol. The summed E-state index contributed by atoms with van der Waals surface area (Å²) in [6.45, 7) is -1.17. The molecule has 0 heterocycles. The second kappa shape index (κ2) is 4.26. The Bertz CT molecular complexity index is 350. The smallest absolute Gasteiger partial charge is 0.364 e. The molecule has 6 heteroatoms. The lowest BCUT2D eigenvalue weighted by Crippen LogP contribution is -2.31. The van der Waals surface area contributed by atoms with Crippen LogP contribution in [0.2, 0.25) is 5.02 Å². The van der Waals surface area contributed by atoms with Gasteiger partial charge in [0.15, 0.2) is 0 Å². The number of hydrogen-bond donors (Lipinski definition) is 0. The Hall–Kier alpha value is -0.970. The third kappa shape index (κ3) is 3.58. The summed E-state index contributed by atoms with van der Waals surface area (Å²) >= 11 is 5.64. The minimum absolute atomic E-state index is 0.0222. The lowest BCUT2D eigenvalue weighted by atomic mass is 10.3. The third-order valence-corrected chi connectivity index (χ3v) is 2.06. The van der Waals surface area contributed by atoms with Gasteiger partial charge in [-0.15, -0.1) is 0 Å². The highest BCUT2D eigenvalue weighted by atomic mass is 35.5. The highest BCUT2D eigenvalue weighted by molar-refractivity contribution is 6.33. The molecule has 0 bridgehead atoms. The summed E-state index contributed by atoms with van der Waals surface area (Å²) in [5.41, 5.74) is 0.0222. The van der Waals surface area contributed by atoms with Crippen LogP contribution >= 0.6 is 11.6 Å². The maximum atomic E-state index is 12.8. The van der Waals surface area contributed by atoms with Crippen molar-refractivity contribution in [2.24, 2.45) is 0 Å². The quantitative estimate of drug-likeness (QED) is 0.717. The van der Waals surface area contributed by atoms with Crippen LogP contribution in [0.25, 0.3) is 0 Å². The topological polar surface area (TPSA) is 3.24 Å². The zero-order valence-corrected chi connectivity index (χ0v) is 8.53. The van der Waals surface area contributed by atoms with E-state index in [0.29, 0.717) is 0 Å². The molecule has 0 aliphatic rings. The molecule has 0 amide bonds. The molecule has 0 aromatic heterocycles. The van der Waals surface area contributed by atoms with Crippen molar-refractivity contribution in [3.05, 3.63) is 29.0 Å². The van der Waals surface area contributed by atoms with Crippen LogP contribution in [0.4, 0.5) is 23.2 Å². The first-order chi connectivity index (χ1) is 6.79. The Balaban J connectivity index is 2.90. The molecule has 0 fully saturated rings. The van der Waals surface area contributed by atoms with Gasteiger partial charge in [-0.3, -0.25) is 0 Å². The van der Waals surface area contributed by atoms with Crippen molar-refractivity contribution in [3.63, 3.8) is 0 Å². The first-order valence-corrected chi connectivity index (χ1v) is 4.40. The lowest BCUT2D eigenvalue weighted by molar-refractivity contribution is -0.119. The monoisotopic (exact) mass is 241 g/mol. The van der Waals surface area contributed by atoms with Crippen molar-refractivity contribution in [2.75, 3.05) is 18.5 Å². The molecule has 1 aromatic rings. The summed E-state index contributed by atoms with van der Waals surface area (Å²) < 4.78 is 48.9. The van der Waals surface area contributed by atoms with Crippen LogP contribution in [0.1, 0.15) is 0 Å². The number of halogens is 5. The van der Waals surface area contributed by atoms with Gasteiger partial charge in [0, 0.05) is 7.05 Å². The minimum atomic E-state index is -4.34. The largest absolute Gasteiger partial charge is 0.405 e. The molecule has 1 aromatic carbocycles. The van der Waals surface area contributed by atoms with Crippen LogP contribution in [0, 0.1) is 5.82 Å². The van der Waals surface area contributed by atoms with E-state index < -0.39 is 18.5 Å². The van der Waals surface area contributed by atoms with E-state index in [1.54, 1.807) is 0 Å². The van der Waals surface area contributed by atoms with Gasteiger partial charge < -0.3 is 4.90 Å². The van der Waals surface area contributed by atoms with Crippen LogP contribution in [0.5, 0.6) is 0 Å². The molecular weight excluding hydrogens is 234 g/mol. The maximum absolute atomic E-state index is 12.8. The Labute approximate surface area is 89.3 Å². The van der Waals surface area contributed by atoms with Crippen molar-refractivity contribution >= 4 is 17.3 Å². The van der Waals surface area contributed by atoms with E-state index >= 15 is 0 Å². The zero-order chi connectivity index (χ0) is 11.6. The summed E-state index contributed by atoms with van der Waals surface area (Å²) in [5, 5.41) is 0.0863. The molecule has 84 valence electrons.